The van der Waals surface area contributed by atoms with Crippen molar-refractivity contribution in [1.29, 1.82) is 0 Å². The molecule has 0 aliphatic heterocycles. The number of rotatable bonds is 6. The molecule has 3 N–H and O–H groups in total. The van der Waals surface area contributed by atoms with Gasteiger partial charge in [-0.25, -0.2) is 4.98 Å². The zero-order valence-electron chi connectivity index (χ0n) is 21.5. The van der Waals surface area contributed by atoms with Gasteiger partial charge in [0, 0.05) is 23.7 Å². The van der Waals surface area contributed by atoms with Gasteiger partial charge in [0.2, 0.25) is 0 Å². The molecule has 0 spiro atoms. The average molecular weight is 592 g/mol. The normalized spacial score (nSPS) is 11.9. The van der Waals surface area contributed by atoms with Crippen LogP contribution >= 0.6 is 22.9 Å². The number of aryl methyl sites for hydroxylation is 2. The molecule has 0 saturated carbocycles. The minimum absolute atomic E-state index is 0.0692. The number of nitrogens with two attached hydrogens (primary N) is 1. The van der Waals surface area contributed by atoms with Gasteiger partial charge in [0.05, 0.1) is 34.8 Å². The summed E-state index contributed by atoms with van der Waals surface area (Å²) in [4.78, 5) is 29.1. The molecule has 0 unspecified atom stereocenters. The molecule has 5 rings (SSSR count). The molecular formula is C25H21ClF3N7O3S. The highest BCUT2D eigenvalue weighted by Crippen LogP contribution is 2.44. The summed E-state index contributed by atoms with van der Waals surface area (Å²) in [5, 5.41) is 11.7. The topological polar surface area (TPSA) is 134 Å². The first-order valence-electron chi connectivity index (χ1n) is 11.7. The highest BCUT2D eigenvalue weighted by atomic mass is 35.5. The Hall–Kier alpha value is -4.17. The van der Waals surface area contributed by atoms with Crippen LogP contribution in [-0.2, 0) is 19.8 Å². The molecule has 2 amide bonds. The number of halogens is 4. The van der Waals surface area contributed by atoms with Gasteiger partial charge in [0.15, 0.2) is 5.76 Å². The number of thiophene rings is 1. The van der Waals surface area contributed by atoms with E-state index in [1.807, 2.05) is 0 Å². The summed E-state index contributed by atoms with van der Waals surface area (Å²) in [6.07, 6.45) is -3.36. The van der Waals surface area contributed by atoms with E-state index < -0.39 is 23.7 Å². The van der Waals surface area contributed by atoms with Crippen molar-refractivity contribution in [2.75, 3.05) is 5.32 Å². The smallest absolute Gasteiger partial charge is 0.433 e. The minimum atomic E-state index is -4.76. The lowest BCUT2D eigenvalue weighted by Gasteiger charge is -2.12. The zero-order chi connectivity index (χ0) is 29.1. The number of pyridine rings is 1. The van der Waals surface area contributed by atoms with Crippen LogP contribution in [-0.4, -0.2) is 36.4 Å². The summed E-state index contributed by atoms with van der Waals surface area (Å²) >= 11 is 6.85. The fourth-order valence-corrected chi connectivity index (χ4v) is 5.39. The van der Waals surface area contributed by atoms with Crippen molar-refractivity contribution < 1.29 is 27.2 Å². The van der Waals surface area contributed by atoms with Crippen molar-refractivity contribution in [3.8, 4) is 11.1 Å². The van der Waals surface area contributed by atoms with Crippen LogP contribution in [0.15, 0.2) is 28.8 Å². The van der Waals surface area contributed by atoms with Crippen molar-refractivity contribution in [3.05, 3.63) is 68.6 Å². The van der Waals surface area contributed by atoms with E-state index in [-0.39, 0.29) is 38.6 Å². The number of fused-ring (bicyclic) bond motifs is 1. The van der Waals surface area contributed by atoms with Gasteiger partial charge in [-0.15, -0.1) is 11.3 Å². The van der Waals surface area contributed by atoms with E-state index >= 15 is 0 Å². The molecule has 0 fully saturated rings. The van der Waals surface area contributed by atoms with E-state index in [4.69, 9.17) is 21.8 Å². The first kappa shape index (κ1) is 27.4. The highest BCUT2D eigenvalue weighted by Gasteiger charge is 2.35. The molecule has 0 aliphatic rings. The molecule has 5 aromatic heterocycles. The SMILES string of the molecule is Cc1nn(Cc2ccc(C(=O)Nc3c(C(N)=O)sc4nc(C(F)(F)F)cc(-c5cnn(C)c5C)c34)o2)c(C)c1Cl. The van der Waals surface area contributed by atoms with Gasteiger partial charge in [-0.3, -0.25) is 19.0 Å². The van der Waals surface area contributed by atoms with E-state index in [0.29, 0.717) is 39.1 Å². The van der Waals surface area contributed by atoms with Gasteiger partial charge in [0.25, 0.3) is 11.8 Å². The molecule has 0 aromatic carbocycles. The van der Waals surface area contributed by atoms with E-state index in [9.17, 15) is 22.8 Å². The number of furan rings is 1. The Morgan fingerprint density at radius 1 is 1.18 bits per heavy atom. The van der Waals surface area contributed by atoms with Gasteiger partial charge >= 0.3 is 6.18 Å². The lowest BCUT2D eigenvalue weighted by atomic mass is 10.0. The lowest BCUT2D eigenvalue weighted by molar-refractivity contribution is -0.140. The van der Waals surface area contributed by atoms with Gasteiger partial charge in [0.1, 0.15) is 21.2 Å². The van der Waals surface area contributed by atoms with Crippen molar-refractivity contribution in [1.82, 2.24) is 24.5 Å². The predicted octanol–water partition coefficient (Wildman–Crippen LogP) is 5.48. The fraction of sp³-hybridized carbons (Fsp3) is 0.240. The van der Waals surface area contributed by atoms with Crippen LogP contribution in [0.1, 0.15) is 48.8 Å². The molecule has 15 heteroatoms. The Labute approximate surface area is 233 Å². The van der Waals surface area contributed by atoms with Crippen LogP contribution in [0.2, 0.25) is 5.02 Å². The van der Waals surface area contributed by atoms with Crippen LogP contribution in [0.3, 0.4) is 0 Å². The Balaban J connectivity index is 1.59. The maximum atomic E-state index is 13.8. The molecule has 0 radical (unpaired) electrons. The molecule has 5 aromatic rings. The van der Waals surface area contributed by atoms with Crippen molar-refractivity contribution in [3.63, 3.8) is 0 Å². The maximum absolute atomic E-state index is 13.8. The van der Waals surface area contributed by atoms with E-state index in [1.165, 1.54) is 16.9 Å². The number of carbonyl (C=O) groups is 2. The van der Waals surface area contributed by atoms with E-state index in [1.54, 1.807) is 38.6 Å². The van der Waals surface area contributed by atoms with Crippen LogP contribution in [0.4, 0.5) is 18.9 Å². The van der Waals surface area contributed by atoms with Gasteiger partial charge in [-0.2, -0.15) is 23.4 Å². The number of nitrogens with one attached hydrogen (secondary N) is 1. The third-order valence-corrected chi connectivity index (χ3v) is 8.07. The number of amides is 2. The van der Waals surface area contributed by atoms with Crippen LogP contribution < -0.4 is 11.1 Å². The van der Waals surface area contributed by atoms with Gasteiger partial charge in [-0.1, -0.05) is 11.6 Å². The molecule has 0 saturated heterocycles. The maximum Gasteiger partial charge on any atom is 0.433 e. The summed E-state index contributed by atoms with van der Waals surface area (Å²) in [5.41, 5.74) is 6.73. The number of hydrogen-bond donors (Lipinski definition) is 2. The quantitative estimate of drug-likeness (QED) is 0.268. The van der Waals surface area contributed by atoms with E-state index in [2.05, 4.69) is 20.5 Å². The standard InChI is InChI=1S/C25H21ClF3N7O3S/c1-10-19(26)12(3)36(34-10)9-13-5-6-16(39-13)23(38)33-20-18-14(15-8-31-35(4)11(15)2)7-17(25(27,28)29)32-24(18)40-21(20)22(30)37/h5-8H,9H2,1-4H3,(H2,30,37)(H,33,38). The molecule has 208 valence electrons. The molecule has 0 bridgehead atoms. The summed E-state index contributed by atoms with van der Waals surface area (Å²) in [6, 6.07) is 3.88. The van der Waals surface area contributed by atoms with Gasteiger partial charge in [-0.05, 0) is 44.5 Å². The number of carbonyl (C=O) groups excluding carboxylic acids is 2. The summed E-state index contributed by atoms with van der Waals surface area (Å²) in [6.45, 7) is 5.45. The summed E-state index contributed by atoms with van der Waals surface area (Å²) in [5.74, 6) is -1.38. The molecule has 10 nitrogen and oxygen atoms in total. The molecule has 0 atom stereocenters. The first-order valence-corrected chi connectivity index (χ1v) is 12.9. The molecule has 0 aliphatic carbocycles. The number of primary amides is 1. The van der Waals surface area contributed by atoms with E-state index in [0.717, 1.165) is 11.8 Å². The van der Waals surface area contributed by atoms with Gasteiger partial charge < -0.3 is 15.5 Å². The fourth-order valence-electron chi connectivity index (χ4n) is 4.25. The minimum Gasteiger partial charge on any atom is -0.454 e. The lowest BCUT2D eigenvalue weighted by Crippen LogP contribution is -2.16. The zero-order valence-corrected chi connectivity index (χ0v) is 23.0. The second-order valence-electron chi connectivity index (χ2n) is 9.03. The average Bonchev–Trinajstić information content (AvgIpc) is 3.63. The van der Waals surface area contributed by atoms with Crippen molar-refractivity contribution >= 4 is 50.7 Å². The number of alkyl halides is 3. The Bertz CT molecular complexity index is 1820. The molecular weight excluding hydrogens is 571 g/mol. The molecule has 5 heterocycles. The third-order valence-electron chi connectivity index (χ3n) is 6.42. The monoisotopic (exact) mass is 591 g/mol. The summed E-state index contributed by atoms with van der Waals surface area (Å²) in [7, 11) is 1.64. The number of nitrogens with zero attached hydrogens (tertiary/aromatic N) is 5. The number of hydrogen-bond acceptors (Lipinski definition) is 7. The third kappa shape index (κ3) is 4.73. The first-order chi connectivity index (χ1) is 18.8. The number of anilines is 1. The highest BCUT2D eigenvalue weighted by molar-refractivity contribution is 7.21. The number of aromatic nitrogens is 5. The largest absolute Gasteiger partial charge is 0.454 e. The second-order valence-corrected chi connectivity index (χ2v) is 10.4. The van der Waals surface area contributed by atoms with Crippen molar-refractivity contribution in [2.24, 2.45) is 12.8 Å². The molecule has 40 heavy (non-hydrogen) atoms. The Morgan fingerprint density at radius 3 is 2.48 bits per heavy atom. The second kappa shape index (κ2) is 9.78. The van der Waals surface area contributed by atoms with Crippen LogP contribution in [0.25, 0.3) is 21.3 Å². The van der Waals surface area contributed by atoms with Crippen LogP contribution in [0.5, 0.6) is 0 Å². The van der Waals surface area contributed by atoms with Crippen LogP contribution in [0, 0.1) is 20.8 Å². The van der Waals surface area contributed by atoms with Crippen molar-refractivity contribution in [2.45, 2.75) is 33.5 Å². The Kier molecular flexibility index (Phi) is 6.70. The predicted molar refractivity (Wildman–Crippen MR) is 143 cm³/mol. The summed E-state index contributed by atoms with van der Waals surface area (Å²) < 4.78 is 50.1. The Morgan fingerprint density at radius 2 is 1.90 bits per heavy atom.